The molecule has 1 aromatic carbocycles. The second kappa shape index (κ2) is 4.94. The second-order valence-corrected chi connectivity index (χ2v) is 4.64. The van der Waals surface area contributed by atoms with Gasteiger partial charge in [0.05, 0.1) is 12.7 Å². The van der Waals surface area contributed by atoms with Gasteiger partial charge in [-0.1, -0.05) is 0 Å². The van der Waals surface area contributed by atoms with E-state index in [1.165, 1.54) is 6.07 Å². The second-order valence-electron chi connectivity index (χ2n) is 4.64. The van der Waals surface area contributed by atoms with E-state index in [1.54, 1.807) is 12.1 Å². The van der Waals surface area contributed by atoms with Gasteiger partial charge < -0.3 is 14.9 Å². The molecule has 2 unspecified atom stereocenters. The number of benzene rings is 1. The van der Waals surface area contributed by atoms with Gasteiger partial charge in [-0.25, -0.2) is 0 Å². The molecular formula is C13H19NO3. The third-order valence-corrected chi connectivity index (χ3v) is 3.23. The smallest absolute Gasteiger partial charge is 0.119 e. The van der Waals surface area contributed by atoms with Crippen molar-refractivity contribution in [2.45, 2.75) is 26.0 Å². The summed E-state index contributed by atoms with van der Waals surface area (Å²) in [5, 5.41) is 19.0. The van der Waals surface area contributed by atoms with E-state index >= 15 is 0 Å². The van der Waals surface area contributed by atoms with E-state index in [4.69, 9.17) is 4.74 Å². The molecule has 2 atom stereocenters. The molecular weight excluding hydrogens is 218 g/mol. The minimum Gasteiger partial charge on any atom is -0.508 e. The van der Waals surface area contributed by atoms with Crippen molar-refractivity contribution in [3.63, 3.8) is 0 Å². The molecule has 0 aliphatic carbocycles. The van der Waals surface area contributed by atoms with Crippen molar-refractivity contribution < 1.29 is 14.9 Å². The van der Waals surface area contributed by atoms with E-state index in [0.29, 0.717) is 0 Å². The van der Waals surface area contributed by atoms with Crippen LogP contribution >= 0.6 is 0 Å². The zero-order valence-corrected chi connectivity index (χ0v) is 10.3. The quantitative estimate of drug-likeness (QED) is 0.824. The molecule has 94 valence electrons. The SMILES string of the molecule is CC1CN(C(C)c2cc(O)cc(O)c2)CCO1. The molecule has 0 bridgehead atoms. The molecule has 0 radical (unpaired) electrons. The summed E-state index contributed by atoms with van der Waals surface area (Å²) in [5.41, 5.74) is 0.927. The summed E-state index contributed by atoms with van der Waals surface area (Å²) in [6.45, 7) is 6.61. The number of ether oxygens (including phenoxy) is 1. The molecule has 0 spiro atoms. The Kier molecular flexibility index (Phi) is 3.54. The molecule has 4 heteroatoms. The topological polar surface area (TPSA) is 52.9 Å². The molecule has 2 N–H and O–H groups in total. The third kappa shape index (κ3) is 2.90. The molecule has 17 heavy (non-hydrogen) atoms. The minimum atomic E-state index is 0.105. The van der Waals surface area contributed by atoms with Gasteiger partial charge in [0.2, 0.25) is 0 Å². The largest absolute Gasteiger partial charge is 0.508 e. The van der Waals surface area contributed by atoms with Crippen LogP contribution < -0.4 is 0 Å². The maximum Gasteiger partial charge on any atom is 0.119 e. The lowest BCUT2D eigenvalue weighted by atomic mass is 10.1. The van der Waals surface area contributed by atoms with E-state index in [1.807, 2.05) is 0 Å². The van der Waals surface area contributed by atoms with Gasteiger partial charge in [-0.15, -0.1) is 0 Å². The van der Waals surface area contributed by atoms with Crippen LogP contribution in [0.25, 0.3) is 0 Å². The van der Waals surface area contributed by atoms with Crippen molar-refractivity contribution in [2.75, 3.05) is 19.7 Å². The summed E-state index contributed by atoms with van der Waals surface area (Å²) in [6.07, 6.45) is 0.233. The maximum absolute atomic E-state index is 9.49. The van der Waals surface area contributed by atoms with Crippen LogP contribution in [0.1, 0.15) is 25.5 Å². The summed E-state index contributed by atoms with van der Waals surface area (Å²) < 4.78 is 5.50. The van der Waals surface area contributed by atoms with Crippen molar-refractivity contribution in [2.24, 2.45) is 0 Å². The first-order valence-corrected chi connectivity index (χ1v) is 5.95. The standard InChI is InChI=1S/C13H19NO3/c1-9-8-14(3-4-17-9)10(2)11-5-12(15)7-13(16)6-11/h5-7,9-10,15-16H,3-4,8H2,1-2H3. The Morgan fingerprint density at radius 2 is 1.94 bits per heavy atom. The first-order chi connectivity index (χ1) is 8.06. The Morgan fingerprint density at radius 3 is 2.53 bits per heavy atom. The normalized spacial score (nSPS) is 23.5. The van der Waals surface area contributed by atoms with Gasteiger partial charge in [-0.2, -0.15) is 0 Å². The minimum absolute atomic E-state index is 0.105. The molecule has 0 aromatic heterocycles. The lowest BCUT2D eigenvalue weighted by Crippen LogP contribution is -2.42. The fourth-order valence-electron chi connectivity index (χ4n) is 2.27. The van der Waals surface area contributed by atoms with Gasteiger partial charge >= 0.3 is 0 Å². The zero-order valence-electron chi connectivity index (χ0n) is 10.3. The molecule has 1 fully saturated rings. The molecule has 1 saturated heterocycles. The fourth-order valence-corrected chi connectivity index (χ4v) is 2.27. The van der Waals surface area contributed by atoms with Crippen LogP contribution in [0, 0.1) is 0 Å². The number of phenolic OH excluding ortho intramolecular Hbond substituents is 2. The lowest BCUT2D eigenvalue weighted by molar-refractivity contribution is -0.0319. The van der Waals surface area contributed by atoms with Crippen LogP contribution in [-0.2, 0) is 4.74 Å². The Bertz CT molecular complexity index is 374. The highest BCUT2D eigenvalue weighted by Gasteiger charge is 2.22. The fraction of sp³-hybridized carbons (Fsp3) is 0.538. The van der Waals surface area contributed by atoms with Gasteiger partial charge in [0.25, 0.3) is 0 Å². The van der Waals surface area contributed by atoms with Crippen molar-refractivity contribution in [3.8, 4) is 11.5 Å². The summed E-state index contributed by atoms with van der Waals surface area (Å²) in [7, 11) is 0. The summed E-state index contributed by atoms with van der Waals surface area (Å²) >= 11 is 0. The zero-order chi connectivity index (χ0) is 12.4. The summed E-state index contributed by atoms with van der Waals surface area (Å²) in [6, 6.07) is 4.91. The van der Waals surface area contributed by atoms with Gasteiger partial charge in [-0.3, -0.25) is 4.90 Å². The Hall–Kier alpha value is -1.26. The van der Waals surface area contributed by atoms with Gasteiger partial charge in [0.1, 0.15) is 11.5 Å². The molecule has 2 rings (SSSR count). The average molecular weight is 237 g/mol. The highest BCUT2D eigenvalue weighted by Crippen LogP contribution is 2.28. The predicted octanol–water partition coefficient (Wildman–Crippen LogP) is 1.88. The first kappa shape index (κ1) is 12.2. The summed E-state index contributed by atoms with van der Waals surface area (Å²) in [4.78, 5) is 2.29. The van der Waals surface area contributed by atoms with E-state index < -0.39 is 0 Å². The highest BCUT2D eigenvalue weighted by atomic mass is 16.5. The predicted molar refractivity (Wildman–Crippen MR) is 65.2 cm³/mol. The number of hydrogen-bond donors (Lipinski definition) is 2. The molecule has 4 nitrogen and oxygen atoms in total. The number of nitrogens with zero attached hydrogens (tertiary/aromatic N) is 1. The van der Waals surface area contributed by atoms with Crippen LogP contribution in [0.5, 0.6) is 11.5 Å². The molecule has 1 aromatic rings. The average Bonchev–Trinajstić information content (AvgIpc) is 2.26. The maximum atomic E-state index is 9.49. The number of rotatable bonds is 2. The van der Waals surface area contributed by atoms with E-state index in [-0.39, 0.29) is 23.6 Å². The Balaban J connectivity index is 2.15. The van der Waals surface area contributed by atoms with E-state index in [2.05, 4.69) is 18.7 Å². The van der Waals surface area contributed by atoms with Gasteiger partial charge in [-0.05, 0) is 31.5 Å². The van der Waals surface area contributed by atoms with E-state index in [0.717, 1.165) is 25.3 Å². The van der Waals surface area contributed by atoms with E-state index in [9.17, 15) is 10.2 Å². The Morgan fingerprint density at radius 1 is 1.29 bits per heavy atom. The summed E-state index contributed by atoms with van der Waals surface area (Å²) in [5.74, 6) is 0.210. The highest BCUT2D eigenvalue weighted by molar-refractivity contribution is 5.38. The molecule has 1 aliphatic rings. The number of morpholine rings is 1. The number of phenols is 2. The van der Waals surface area contributed by atoms with Crippen molar-refractivity contribution >= 4 is 0 Å². The molecule has 1 aliphatic heterocycles. The van der Waals surface area contributed by atoms with Gasteiger partial charge in [0.15, 0.2) is 0 Å². The lowest BCUT2D eigenvalue weighted by Gasteiger charge is -2.35. The van der Waals surface area contributed by atoms with Crippen LogP contribution in [0.4, 0.5) is 0 Å². The third-order valence-electron chi connectivity index (χ3n) is 3.23. The number of hydrogen-bond acceptors (Lipinski definition) is 4. The van der Waals surface area contributed by atoms with Crippen LogP contribution in [0.15, 0.2) is 18.2 Å². The molecule has 1 heterocycles. The molecule has 0 saturated carbocycles. The van der Waals surface area contributed by atoms with Crippen LogP contribution in [0.2, 0.25) is 0 Å². The first-order valence-electron chi connectivity index (χ1n) is 5.95. The molecule has 0 amide bonds. The Labute approximate surface area is 101 Å². The van der Waals surface area contributed by atoms with Crippen molar-refractivity contribution in [1.82, 2.24) is 4.90 Å². The number of aromatic hydroxyl groups is 2. The van der Waals surface area contributed by atoms with Crippen molar-refractivity contribution in [1.29, 1.82) is 0 Å². The van der Waals surface area contributed by atoms with Gasteiger partial charge in [0, 0.05) is 25.2 Å². The van der Waals surface area contributed by atoms with Crippen LogP contribution in [0.3, 0.4) is 0 Å². The van der Waals surface area contributed by atoms with Crippen molar-refractivity contribution in [3.05, 3.63) is 23.8 Å². The monoisotopic (exact) mass is 237 g/mol. The van der Waals surface area contributed by atoms with Crippen LogP contribution in [-0.4, -0.2) is 40.9 Å².